The lowest BCUT2D eigenvalue weighted by Crippen LogP contribution is -2.29. The quantitative estimate of drug-likeness (QED) is 0.847. The minimum absolute atomic E-state index is 0.683. The number of aromatic nitrogens is 2. The fraction of sp³-hybridized carbons (Fsp3) is 0.692. The Kier molecular flexibility index (Phi) is 4.36. The van der Waals surface area contributed by atoms with Crippen LogP contribution in [0, 0.1) is 0 Å². The predicted octanol–water partition coefficient (Wildman–Crippen LogP) is 1.12. The van der Waals surface area contributed by atoms with E-state index < -0.39 is 0 Å². The van der Waals surface area contributed by atoms with Crippen molar-refractivity contribution in [2.75, 3.05) is 44.0 Å². The van der Waals surface area contributed by atoms with Crippen LogP contribution in [0.2, 0.25) is 0 Å². The highest BCUT2D eigenvalue weighted by atomic mass is 15.2. The van der Waals surface area contributed by atoms with Crippen LogP contribution in [0.3, 0.4) is 0 Å². The Labute approximate surface area is 109 Å². The molecule has 5 nitrogen and oxygen atoms in total. The molecule has 1 saturated heterocycles. The molecule has 2 heterocycles. The van der Waals surface area contributed by atoms with Gasteiger partial charge in [-0.15, -0.1) is 0 Å². The van der Waals surface area contributed by atoms with Crippen LogP contribution in [0.1, 0.15) is 19.3 Å². The lowest BCUT2D eigenvalue weighted by Gasteiger charge is -2.21. The Morgan fingerprint density at radius 1 is 1.28 bits per heavy atom. The fourth-order valence-electron chi connectivity index (χ4n) is 2.26. The first-order chi connectivity index (χ1) is 8.66. The maximum atomic E-state index is 4.33. The van der Waals surface area contributed by atoms with Gasteiger partial charge in [0.2, 0.25) is 0 Å². The lowest BCUT2D eigenvalue weighted by molar-refractivity contribution is 0.558. The molecule has 2 rings (SSSR count). The Balaban J connectivity index is 1.91. The maximum Gasteiger partial charge on any atom is 0.133 e. The first kappa shape index (κ1) is 13.1. The van der Waals surface area contributed by atoms with Gasteiger partial charge in [0.05, 0.1) is 0 Å². The first-order valence-electron chi connectivity index (χ1n) is 6.60. The van der Waals surface area contributed by atoms with E-state index >= 15 is 0 Å². The van der Waals surface area contributed by atoms with Crippen molar-refractivity contribution < 1.29 is 0 Å². The smallest absolute Gasteiger partial charge is 0.133 e. The van der Waals surface area contributed by atoms with Gasteiger partial charge in [-0.25, -0.2) is 9.97 Å². The Morgan fingerprint density at radius 3 is 2.72 bits per heavy atom. The van der Waals surface area contributed by atoms with E-state index in [1.807, 2.05) is 25.1 Å². The van der Waals surface area contributed by atoms with E-state index in [9.17, 15) is 0 Å². The van der Waals surface area contributed by atoms with Crippen molar-refractivity contribution in [1.82, 2.24) is 15.3 Å². The molecule has 1 aliphatic heterocycles. The summed E-state index contributed by atoms with van der Waals surface area (Å²) in [6.45, 7) is 2.20. The van der Waals surface area contributed by atoms with Gasteiger partial charge in [-0.3, -0.25) is 0 Å². The highest BCUT2D eigenvalue weighted by Crippen LogP contribution is 2.16. The molecular formula is C13H23N5. The molecule has 0 saturated carbocycles. The van der Waals surface area contributed by atoms with Crippen LogP contribution in [-0.4, -0.2) is 50.2 Å². The summed E-state index contributed by atoms with van der Waals surface area (Å²) < 4.78 is 0. The highest BCUT2D eigenvalue weighted by Gasteiger charge is 2.15. The zero-order chi connectivity index (χ0) is 13.0. The second-order valence-electron chi connectivity index (χ2n) is 5.13. The minimum Gasteiger partial charge on any atom is -0.363 e. The summed E-state index contributed by atoms with van der Waals surface area (Å²) in [4.78, 5) is 12.8. The molecular weight excluding hydrogens is 226 g/mol. The number of rotatable bonds is 5. The van der Waals surface area contributed by atoms with Gasteiger partial charge in [-0.05, 0) is 25.8 Å². The number of hydrogen-bond donors (Lipinski definition) is 1. The minimum atomic E-state index is 0.683. The first-order valence-corrected chi connectivity index (χ1v) is 6.60. The average Bonchev–Trinajstić information content (AvgIpc) is 2.89. The van der Waals surface area contributed by atoms with Crippen LogP contribution in [0.25, 0.3) is 0 Å². The van der Waals surface area contributed by atoms with Crippen molar-refractivity contribution in [2.24, 2.45) is 0 Å². The van der Waals surface area contributed by atoms with Crippen LogP contribution >= 0.6 is 0 Å². The van der Waals surface area contributed by atoms with Crippen LogP contribution in [0.5, 0.6) is 0 Å². The van der Waals surface area contributed by atoms with Crippen molar-refractivity contribution in [3.63, 3.8) is 0 Å². The number of nitrogens with one attached hydrogen (secondary N) is 1. The van der Waals surface area contributed by atoms with E-state index in [0.717, 1.165) is 18.2 Å². The third kappa shape index (κ3) is 3.32. The normalized spacial score (nSPS) is 18.9. The molecule has 100 valence electrons. The molecule has 0 spiro atoms. The van der Waals surface area contributed by atoms with E-state index in [4.69, 9.17) is 0 Å². The second kappa shape index (κ2) is 6.00. The van der Waals surface area contributed by atoms with Crippen LogP contribution < -0.4 is 15.1 Å². The van der Waals surface area contributed by atoms with Crippen molar-refractivity contribution >= 4 is 11.6 Å². The molecule has 1 unspecified atom stereocenters. The van der Waals surface area contributed by atoms with Gasteiger partial charge in [0, 0.05) is 39.8 Å². The Morgan fingerprint density at radius 2 is 2.06 bits per heavy atom. The molecule has 0 amide bonds. The third-order valence-electron chi connectivity index (χ3n) is 3.46. The average molecular weight is 249 g/mol. The topological polar surface area (TPSA) is 44.3 Å². The Hall–Kier alpha value is -1.36. The van der Waals surface area contributed by atoms with E-state index in [1.165, 1.54) is 25.8 Å². The van der Waals surface area contributed by atoms with E-state index in [2.05, 4.69) is 27.2 Å². The van der Waals surface area contributed by atoms with Crippen molar-refractivity contribution in [3.05, 3.63) is 12.4 Å². The molecule has 1 aromatic heterocycles. The summed E-state index contributed by atoms with van der Waals surface area (Å²) >= 11 is 0. The number of hydrogen-bond acceptors (Lipinski definition) is 5. The molecule has 1 fully saturated rings. The van der Waals surface area contributed by atoms with Gasteiger partial charge in [0.25, 0.3) is 0 Å². The molecule has 0 aromatic carbocycles. The van der Waals surface area contributed by atoms with E-state index in [-0.39, 0.29) is 0 Å². The number of nitrogens with zero attached hydrogens (tertiary/aromatic N) is 4. The standard InChI is InChI=1S/C13H23N5/c1-17(2)12-9-13(16-10-15-12)18(3)8-6-11-5-4-7-14-11/h9-11,14H,4-8H2,1-3H3. The summed E-state index contributed by atoms with van der Waals surface area (Å²) in [6, 6.07) is 2.71. The van der Waals surface area contributed by atoms with E-state index in [1.54, 1.807) is 6.33 Å². The predicted molar refractivity (Wildman–Crippen MR) is 75.3 cm³/mol. The third-order valence-corrected chi connectivity index (χ3v) is 3.46. The largest absolute Gasteiger partial charge is 0.363 e. The zero-order valence-corrected chi connectivity index (χ0v) is 11.6. The van der Waals surface area contributed by atoms with Gasteiger partial charge in [-0.1, -0.05) is 0 Å². The van der Waals surface area contributed by atoms with Crippen molar-refractivity contribution in [3.8, 4) is 0 Å². The van der Waals surface area contributed by atoms with Gasteiger partial charge >= 0.3 is 0 Å². The van der Waals surface area contributed by atoms with Gasteiger partial charge in [-0.2, -0.15) is 0 Å². The molecule has 1 aliphatic rings. The molecule has 0 aliphatic carbocycles. The fourth-order valence-corrected chi connectivity index (χ4v) is 2.26. The molecule has 1 N–H and O–H groups in total. The summed E-state index contributed by atoms with van der Waals surface area (Å²) in [5.41, 5.74) is 0. The van der Waals surface area contributed by atoms with Gasteiger partial charge in [0.15, 0.2) is 0 Å². The monoisotopic (exact) mass is 249 g/mol. The summed E-state index contributed by atoms with van der Waals surface area (Å²) in [5.74, 6) is 1.94. The lowest BCUT2D eigenvalue weighted by atomic mass is 10.1. The molecule has 5 heteroatoms. The van der Waals surface area contributed by atoms with Gasteiger partial charge < -0.3 is 15.1 Å². The molecule has 18 heavy (non-hydrogen) atoms. The van der Waals surface area contributed by atoms with Crippen LogP contribution in [0.4, 0.5) is 11.6 Å². The van der Waals surface area contributed by atoms with Crippen LogP contribution in [-0.2, 0) is 0 Å². The number of anilines is 2. The SMILES string of the molecule is CN(C)c1cc(N(C)CCC2CCCN2)ncn1. The van der Waals surface area contributed by atoms with Crippen molar-refractivity contribution in [2.45, 2.75) is 25.3 Å². The summed E-state index contributed by atoms with van der Waals surface area (Å²) in [7, 11) is 6.08. The summed E-state index contributed by atoms with van der Waals surface area (Å²) in [6.07, 6.45) is 5.43. The Bertz CT molecular complexity index is 373. The highest BCUT2D eigenvalue weighted by molar-refractivity contribution is 5.48. The maximum absolute atomic E-state index is 4.33. The van der Waals surface area contributed by atoms with Crippen LogP contribution in [0.15, 0.2) is 12.4 Å². The van der Waals surface area contributed by atoms with Gasteiger partial charge in [0.1, 0.15) is 18.0 Å². The molecule has 0 radical (unpaired) electrons. The molecule has 1 aromatic rings. The van der Waals surface area contributed by atoms with E-state index in [0.29, 0.717) is 6.04 Å². The molecule has 1 atom stereocenters. The molecule has 0 bridgehead atoms. The zero-order valence-electron chi connectivity index (χ0n) is 11.6. The van der Waals surface area contributed by atoms with Crippen molar-refractivity contribution in [1.29, 1.82) is 0 Å². The summed E-state index contributed by atoms with van der Waals surface area (Å²) in [5, 5.41) is 3.53. The second-order valence-corrected chi connectivity index (χ2v) is 5.13.